The van der Waals surface area contributed by atoms with Crippen LogP contribution >= 0.6 is 0 Å². The van der Waals surface area contributed by atoms with Crippen molar-refractivity contribution in [1.82, 2.24) is 19.9 Å². The van der Waals surface area contributed by atoms with E-state index >= 15 is 0 Å². The van der Waals surface area contributed by atoms with E-state index in [0.717, 1.165) is 11.1 Å². The standard InChI is InChI=1S/C25H27N5O4/c1-15-10-16(11-19(33-3)22(15)34-4)18-13-28-24-21(29-18)17(12-27-24)23(32)25(2)7-5-9-30(14-25)20(31)6-8-26/h10-13H,5-7,9,14H2,1-4H3,(H,27,28). The second-order valence-corrected chi connectivity index (χ2v) is 8.83. The van der Waals surface area contributed by atoms with Crippen LogP contribution < -0.4 is 9.47 Å². The van der Waals surface area contributed by atoms with Crippen molar-refractivity contribution in [2.24, 2.45) is 5.41 Å². The Bertz CT molecular complexity index is 1310. The van der Waals surface area contributed by atoms with Crippen LogP contribution in [0.15, 0.2) is 24.5 Å². The molecule has 1 atom stereocenters. The maximum Gasteiger partial charge on any atom is 0.236 e. The monoisotopic (exact) mass is 461 g/mol. The van der Waals surface area contributed by atoms with Gasteiger partial charge >= 0.3 is 0 Å². The minimum absolute atomic E-state index is 0.0943. The molecular weight excluding hydrogens is 434 g/mol. The fourth-order valence-corrected chi connectivity index (χ4v) is 4.65. The van der Waals surface area contributed by atoms with Gasteiger partial charge in [0.05, 0.1) is 37.7 Å². The van der Waals surface area contributed by atoms with E-state index < -0.39 is 5.41 Å². The van der Waals surface area contributed by atoms with Gasteiger partial charge in [-0.3, -0.25) is 9.59 Å². The van der Waals surface area contributed by atoms with E-state index in [4.69, 9.17) is 19.7 Å². The molecule has 4 rings (SSSR count). The summed E-state index contributed by atoms with van der Waals surface area (Å²) in [6, 6.07) is 5.67. The van der Waals surface area contributed by atoms with Gasteiger partial charge < -0.3 is 19.4 Å². The number of ketones is 1. The number of carbonyl (C=O) groups excluding carboxylic acids is 2. The quantitative estimate of drug-likeness (QED) is 0.556. The van der Waals surface area contributed by atoms with Crippen molar-refractivity contribution in [2.45, 2.75) is 33.1 Å². The number of Topliss-reactive ketones (excluding diaryl/α,β-unsaturated/α-hetero) is 1. The Morgan fingerprint density at radius 1 is 1.29 bits per heavy atom. The predicted octanol–water partition coefficient (Wildman–Crippen LogP) is 3.68. The number of methoxy groups -OCH3 is 2. The number of hydrogen-bond donors (Lipinski definition) is 1. The highest BCUT2D eigenvalue weighted by Crippen LogP contribution is 2.37. The molecule has 1 aromatic carbocycles. The molecule has 1 saturated heterocycles. The van der Waals surface area contributed by atoms with Crippen LogP contribution in [0.4, 0.5) is 0 Å². The van der Waals surface area contributed by atoms with E-state index in [1.165, 1.54) is 0 Å². The molecule has 1 amide bonds. The number of ether oxygens (including phenoxy) is 2. The predicted molar refractivity (Wildman–Crippen MR) is 126 cm³/mol. The fraction of sp³-hybridized carbons (Fsp3) is 0.400. The van der Waals surface area contributed by atoms with Crippen molar-refractivity contribution >= 4 is 22.9 Å². The maximum atomic E-state index is 13.7. The van der Waals surface area contributed by atoms with Gasteiger partial charge in [-0.1, -0.05) is 6.92 Å². The summed E-state index contributed by atoms with van der Waals surface area (Å²) in [6.07, 6.45) is 4.45. The Morgan fingerprint density at radius 2 is 2.09 bits per heavy atom. The van der Waals surface area contributed by atoms with Gasteiger partial charge in [0, 0.05) is 30.3 Å². The third-order valence-electron chi connectivity index (χ3n) is 6.41. The lowest BCUT2D eigenvalue weighted by atomic mass is 9.76. The van der Waals surface area contributed by atoms with Crippen molar-refractivity contribution in [3.05, 3.63) is 35.7 Å². The van der Waals surface area contributed by atoms with Crippen molar-refractivity contribution < 1.29 is 19.1 Å². The number of nitrogens with one attached hydrogen (secondary N) is 1. The van der Waals surface area contributed by atoms with Gasteiger partial charge in [-0.15, -0.1) is 0 Å². The second-order valence-electron chi connectivity index (χ2n) is 8.83. The topological polar surface area (TPSA) is 121 Å². The van der Waals surface area contributed by atoms with E-state index in [9.17, 15) is 9.59 Å². The number of amides is 1. The number of nitrogens with zero attached hydrogens (tertiary/aromatic N) is 4. The average molecular weight is 462 g/mol. The Labute approximate surface area is 197 Å². The maximum absolute atomic E-state index is 13.7. The van der Waals surface area contributed by atoms with Gasteiger partial charge in [0.25, 0.3) is 0 Å². The summed E-state index contributed by atoms with van der Waals surface area (Å²) in [5, 5.41) is 8.88. The highest BCUT2D eigenvalue weighted by atomic mass is 16.5. The van der Waals surface area contributed by atoms with Crippen molar-refractivity contribution in [3.63, 3.8) is 0 Å². The lowest BCUT2D eigenvalue weighted by Crippen LogP contribution is -2.48. The minimum atomic E-state index is -0.768. The van der Waals surface area contributed by atoms with Crippen LogP contribution in [0.25, 0.3) is 22.4 Å². The molecule has 0 spiro atoms. The SMILES string of the molecule is COc1cc(-c2cnc3[nH]cc(C(=O)C4(C)CCCN(C(=O)CC#N)C4)c3n2)cc(C)c1OC. The Kier molecular flexibility index (Phi) is 6.24. The van der Waals surface area contributed by atoms with Gasteiger partial charge in [-0.25, -0.2) is 9.97 Å². The summed E-state index contributed by atoms with van der Waals surface area (Å²) in [6.45, 7) is 4.63. The lowest BCUT2D eigenvalue weighted by Gasteiger charge is -2.39. The number of aromatic amines is 1. The smallest absolute Gasteiger partial charge is 0.236 e. The normalized spacial score (nSPS) is 17.9. The number of H-pyrrole nitrogens is 1. The molecule has 0 aliphatic carbocycles. The number of piperidine rings is 1. The molecule has 9 heteroatoms. The summed E-state index contributed by atoms with van der Waals surface area (Å²) in [4.78, 5) is 39.9. The van der Waals surface area contributed by atoms with Crippen LogP contribution in [0.5, 0.6) is 11.5 Å². The molecule has 9 nitrogen and oxygen atoms in total. The van der Waals surface area contributed by atoms with Crippen molar-refractivity contribution in [2.75, 3.05) is 27.3 Å². The van der Waals surface area contributed by atoms with Crippen molar-refractivity contribution in [1.29, 1.82) is 5.26 Å². The number of hydrogen-bond acceptors (Lipinski definition) is 7. The molecule has 1 aliphatic heterocycles. The first kappa shape index (κ1) is 23.2. The van der Waals surface area contributed by atoms with Crippen LogP contribution in [0.2, 0.25) is 0 Å². The number of aromatic nitrogens is 3. The fourth-order valence-electron chi connectivity index (χ4n) is 4.65. The molecule has 1 aliphatic rings. The lowest BCUT2D eigenvalue weighted by molar-refractivity contribution is -0.132. The number of likely N-dealkylation sites (tertiary alicyclic amines) is 1. The van der Waals surface area contributed by atoms with E-state index in [1.54, 1.807) is 31.5 Å². The number of carbonyl (C=O) groups is 2. The molecule has 3 heterocycles. The van der Waals surface area contributed by atoms with E-state index in [-0.39, 0.29) is 24.7 Å². The molecule has 176 valence electrons. The number of fused-ring (bicyclic) bond motifs is 1. The van der Waals surface area contributed by atoms with Gasteiger partial charge in [-0.05, 0) is 37.5 Å². The zero-order valence-corrected chi connectivity index (χ0v) is 19.8. The third kappa shape index (κ3) is 4.07. The van der Waals surface area contributed by atoms with Gasteiger partial charge in [0.2, 0.25) is 5.91 Å². The van der Waals surface area contributed by atoms with Gasteiger partial charge in [0.1, 0.15) is 11.9 Å². The number of aryl methyl sites for hydroxylation is 1. The molecule has 0 bridgehead atoms. The Balaban J connectivity index is 1.71. The zero-order valence-electron chi connectivity index (χ0n) is 19.8. The van der Waals surface area contributed by atoms with Gasteiger partial charge in [-0.2, -0.15) is 5.26 Å². The summed E-state index contributed by atoms with van der Waals surface area (Å²) in [5.74, 6) is 0.898. The van der Waals surface area contributed by atoms with Crippen LogP contribution in [-0.4, -0.2) is 58.9 Å². The largest absolute Gasteiger partial charge is 0.493 e. The van der Waals surface area contributed by atoms with Gasteiger partial charge in [0.15, 0.2) is 22.9 Å². The van der Waals surface area contributed by atoms with E-state index in [0.29, 0.717) is 53.3 Å². The first-order valence-corrected chi connectivity index (χ1v) is 11.1. The molecule has 1 unspecified atom stereocenters. The van der Waals surface area contributed by atoms with Crippen LogP contribution in [-0.2, 0) is 4.79 Å². The molecule has 0 radical (unpaired) electrons. The average Bonchev–Trinajstić information content (AvgIpc) is 3.26. The molecule has 1 N–H and O–H groups in total. The zero-order chi connectivity index (χ0) is 24.5. The summed E-state index contributed by atoms with van der Waals surface area (Å²) in [7, 11) is 3.17. The summed E-state index contributed by atoms with van der Waals surface area (Å²) < 4.78 is 10.9. The Morgan fingerprint density at radius 3 is 2.79 bits per heavy atom. The first-order valence-electron chi connectivity index (χ1n) is 11.1. The molecular formula is C25H27N5O4. The third-order valence-corrected chi connectivity index (χ3v) is 6.41. The molecule has 1 fully saturated rings. The van der Waals surface area contributed by atoms with Crippen LogP contribution in [0, 0.1) is 23.7 Å². The highest BCUT2D eigenvalue weighted by Gasteiger charge is 2.40. The molecule has 34 heavy (non-hydrogen) atoms. The number of benzene rings is 1. The first-order chi connectivity index (χ1) is 16.3. The Hall–Kier alpha value is -3.93. The molecule has 3 aromatic rings. The van der Waals surface area contributed by atoms with E-state index in [1.807, 2.05) is 32.0 Å². The van der Waals surface area contributed by atoms with Crippen LogP contribution in [0.3, 0.4) is 0 Å². The van der Waals surface area contributed by atoms with E-state index in [2.05, 4.69) is 9.97 Å². The minimum Gasteiger partial charge on any atom is -0.493 e. The molecule has 0 saturated carbocycles. The molecule has 2 aromatic heterocycles. The number of nitriles is 1. The van der Waals surface area contributed by atoms with Crippen LogP contribution in [0.1, 0.15) is 42.1 Å². The second kappa shape index (κ2) is 9.14. The van der Waals surface area contributed by atoms with Crippen molar-refractivity contribution in [3.8, 4) is 28.8 Å². The highest BCUT2D eigenvalue weighted by molar-refractivity contribution is 6.09. The summed E-state index contributed by atoms with van der Waals surface area (Å²) >= 11 is 0. The number of rotatable bonds is 6. The summed E-state index contributed by atoms with van der Waals surface area (Å²) in [5.41, 5.74) is 2.96.